The third kappa shape index (κ3) is 3.62. The molecule has 6 nitrogen and oxygen atoms in total. The van der Waals surface area contributed by atoms with Gasteiger partial charge >= 0.3 is 6.61 Å². The van der Waals surface area contributed by atoms with Crippen molar-refractivity contribution in [2.45, 2.75) is 13.2 Å². The van der Waals surface area contributed by atoms with Gasteiger partial charge in [-0.05, 0) is 34.4 Å². The zero-order chi connectivity index (χ0) is 16.2. The average molecular weight is 338 g/mol. The van der Waals surface area contributed by atoms with Gasteiger partial charge in [-0.15, -0.1) is 21.5 Å². The van der Waals surface area contributed by atoms with E-state index >= 15 is 0 Å². The van der Waals surface area contributed by atoms with Crippen LogP contribution in [0.3, 0.4) is 0 Å². The molecule has 3 rings (SSSR count). The molecule has 0 saturated carbocycles. The highest BCUT2D eigenvalue weighted by molar-refractivity contribution is 7.13. The molecule has 0 spiro atoms. The van der Waals surface area contributed by atoms with Gasteiger partial charge in [0.15, 0.2) is 11.5 Å². The van der Waals surface area contributed by atoms with Crippen LogP contribution in [0.5, 0.6) is 11.5 Å². The van der Waals surface area contributed by atoms with Gasteiger partial charge in [0.2, 0.25) is 5.82 Å². The summed E-state index contributed by atoms with van der Waals surface area (Å²) in [6.45, 7) is -2.57. The molecule has 0 radical (unpaired) electrons. The minimum atomic E-state index is -2.90. The second-order valence-electron chi connectivity index (χ2n) is 4.48. The molecular weight excluding hydrogens is 326 g/mol. The summed E-state index contributed by atoms with van der Waals surface area (Å²) in [7, 11) is 1.39. The first-order valence-electron chi connectivity index (χ1n) is 6.59. The monoisotopic (exact) mass is 338 g/mol. The lowest BCUT2D eigenvalue weighted by molar-refractivity contribution is -0.0512. The Labute approximate surface area is 134 Å². The molecule has 120 valence electrons. The normalized spacial score (nSPS) is 11.0. The smallest absolute Gasteiger partial charge is 0.387 e. The van der Waals surface area contributed by atoms with E-state index in [9.17, 15) is 8.78 Å². The van der Waals surface area contributed by atoms with Gasteiger partial charge in [-0.2, -0.15) is 13.6 Å². The van der Waals surface area contributed by atoms with E-state index in [0.29, 0.717) is 12.4 Å². The van der Waals surface area contributed by atoms with Crippen LogP contribution < -0.4 is 9.47 Å². The summed E-state index contributed by atoms with van der Waals surface area (Å²) < 4.78 is 34.1. The molecule has 2 aromatic heterocycles. The largest absolute Gasteiger partial charge is 0.493 e. The van der Waals surface area contributed by atoms with E-state index in [1.807, 2.05) is 17.5 Å². The van der Waals surface area contributed by atoms with Crippen LogP contribution in [0.1, 0.15) is 5.56 Å². The number of benzene rings is 1. The molecule has 0 bridgehead atoms. The number of aromatic nitrogens is 4. The van der Waals surface area contributed by atoms with Gasteiger partial charge in [0, 0.05) is 0 Å². The van der Waals surface area contributed by atoms with Crippen molar-refractivity contribution in [3.05, 3.63) is 41.3 Å². The molecular formula is C14H12F2N4O2S. The van der Waals surface area contributed by atoms with Crippen LogP contribution in [0.2, 0.25) is 0 Å². The molecule has 0 unspecified atom stereocenters. The minimum absolute atomic E-state index is 0.0166. The summed E-state index contributed by atoms with van der Waals surface area (Å²) in [5.41, 5.74) is 0.776. The van der Waals surface area contributed by atoms with E-state index < -0.39 is 6.61 Å². The molecule has 2 heterocycles. The number of nitrogens with zero attached hydrogens (tertiary/aromatic N) is 4. The second-order valence-corrected chi connectivity index (χ2v) is 5.43. The number of halogens is 2. The summed E-state index contributed by atoms with van der Waals surface area (Å²) in [6, 6.07) is 8.50. The van der Waals surface area contributed by atoms with E-state index in [1.54, 1.807) is 12.1 Å². The van der Waals surface area contributed by atoms with Crippen LogP contribution in [0.15, 0.2) is 35.7 Å². The number of tetrazole rings is 1. The standard InChI is InChI=1S/C14H12F2N4O2S/c1-21-11-7-9(4-5-10(11)22-14(15)16)8-20-18-13(17-19-20)12-3-2-6-23-12/h2-7,14H,8H2,1H3. The fourth-order valence-corrected chi connectivity index (χ4v) is 2.63. The molecule has 23 heavy (non-hydrogen) atoms. The average Bonchev–Trinajstić information content (AvgIpc) is 3.19. The maximum absolute atomic E-state index is 12.3. The second kappa shape index (κ2) is 6.69. The molecule has 0 aliphatic carbocycles. The maximum atomic E-state index is 12.3. The number of hydrogen-bond acceptors (Lipinski definition) is 6. The molecule has 0 N–H and O–H groups in total. The van der Waals surface area contributed by atoms with Gasteiger partial charge in [-0.3, -0.25) is 0 Å². The first-order valence-corrected chi connectivity index (χ1v) is 7.47. The third-order valence-electron chi connectivity index (χ3n) is 2.96. The van der Waals surface area contributed by atoms with E-state index in [2.05, 4.69) is 20.1 Å². The third-order valence-corrected chi connectivity index (χ3v) is 3.83. The van der Waals surface area contributed by atoms with E-state index in [0.717, 1.165) is 10.4 Å². The van der Waals surface area contributed by atoms with Crippen LogP contribution in [-0.4, -0.2) is 33.9 Å². The van der Waals surface area contributed by atoms with Crippen molar-refractivity contribution in [2.75, 3.05) is 7.11 Å². The van der Waals surface area contributed by atoms with Crippen molar-refractivity contribution in [1.82, 2.24) is 20.2 Å². The zero-order valence-corrected chi connectivity index (χ0v) is 12.8. The summed E-state index contributed by atoms with van der Waals surface area (Å²) in [6.07, 6.45) is 0. The Hall–Kier alpha value is -2.55. The van der Waals surface area contributed by atoms with Gasteiger partial charge in [-0.1, -0.05) is 12.1 Å². The number of methoxy groups -OCH3 is 1. The van der Waals surface area contributed by atoms with Crippen molar-refractivity contribution in [2.24, 2.45) is 0 Å². The number of rotatable bonds is 6. The van der Waals surface area contributed by atoms with Crippen molar-refractivity contribution in [1.29, 1.82) is 0 Å². The number of ether oxygens (including phenoxy) is 2. The van der Waals surface area contributed by atoms with Crippen molar-refractivity contribution in [3.63, 3.8) is 0 Å². The topological polar surface area (TPSA) is 62.1 Å². The highest BCUT2D eigenvalue weighted by Gasteiger charge is 2.12. The number of thiophene rings is 1. The van der Waals surface area contributed by atoms with Crippen molar-refractivity contribution in [3.8, 4) is 22.2 Å². The van der Waals surface area contributed by atoms with Gasteiger partial charge in [0.25, 0.3) is 0 Å². The molecule has 0 atom stereocenters. The van der Waals surface area contributed by atoms with Crippen molar-refractivity contribution < 1.29 is 18.3 Å². The fraction of sp³-hybridized carbons (Fsp3) is 0.214. The summed E-state index contributed by atoms with van der Waals surface area (Å²) >= 11 is 1.52. The van der Waals surface area contributed by atoms with E-state index in [4.69, 9.17) is 4.74 Å². The molecule has 0 aliphatic rings. The summed E-state index contributed by atoms with van der Waals surface area (Å²) in [4.78, 5) is 2.35. The van der Waals surface area contributed by atoms with E-state index in [-0.39, 0.29) is 11.5 Å². The molecule has 1 aromatic carbocycles. The van der Waals surface area contributed by atoms with Crippen LogP contribution in [-0.2, 0) is 6.54 Å². The van der Waals surface area contributed by atoms with Gasteiger partial charge in [0.1, 0.15) is 0 Å². The first-order chi connectivity index (χ1) is 11.2. The van der Waals surface area contributed by atoms with Crippen LogP contribution in [0.4, 0.5) is 8.78 Å². The quantitative estimate of drug-likeness (QED) is 0.691. The Morgan fingerprint density at radius 3 is 2.83 bits per heavy atom. The molecule has 0 saturated heterocycles. The summed E-state index contributed by atoms with van der Waals surface area (Å²) in [5.74, 6) is 0.753. The summed E-state index contributed by atoms with van der Waals surface area (Å²) in [5, 5.41) is 14.2. The number of alkyl halides is 2. The predicted octanol–water partition coefficient (Wildman–Crippen LogP) is 3.06. The Morgan fingerprint density at radius 1 is 1.26 bits per heavy atom. The lowest BCUT2D eigenvalue weighted by atomic mass is 10.2. The minimum Gasteiger partial charge on any atom is -0.493 e. The van der Waals surface area contributed by atoms with E-state index in [1.165, 1.54) is 29.3 Å². The van der Waals surface area contributed by atoms with Gasteiger partial charge in [-0.25, -0.2) is 0 Å². The van der Waals surface area contributed by atoms with Gasteiger partial charge in [0.05, 0.1) is 18.5 Å². The number of hydrogen-bond donors (Lipinski definition) is 0. The van der Waals surface area contributed by atoms with Crippen LogP contribution in [0, 0.1) is 0 Å². The molecule has 9 heteroatoms. The molecule has 0 amide bonds. The molecule has 0 fully saturated rings. The van der Waals surface area contributed by atoms with Crippen molar-refractivity contribution >= 4 is 11.3 Å². The first kappa shape index (κ1) is 15.3. The zero-order valence-electron chi connectivity index (χ0n) is 12.0. The Bertz CT molecular complexity index is 777. The Morgan fingerprint density at radius 2 is 2.13 bits per heavy atom. The maximum Gasteiger partial charge on any atom is 0.387 e. The Balaban J connectivity index is 1.77. The highest BCUT2D eigenvalue weighted by Crippen LogP contribution is 2.29. The molecule has 0 aliphatic heterocycles. The van der Waals surface area contributed by atoms with Crippen LogP contribution >= 0.6 is 11.3 Å². The lowest BCUT2D eigenvalue weighted by Gasteiger charge is -2.11. The highest BCUT2D eigenvalue weighted by atomic mass is 32.1. The molecule has 3 aromatic rings. The SMILES string of the molecule is COc1cc(Cn2nnc(-c3cccs3)n2)ccc1OC(F)F. The fourth-order valence-electron chi connectivity index (χ4n) is 1.98. The van der Waals surface area contributed by atoms with Gasteiger partial charge < -0.3 is 9.47 Å². The van der Waals surface area contributed by atoms with Crippen LogP contribution in [0.25, 0.3) is 10.7 Å². The predicted molar refractivity (Wildman–Crippen MR) is 79.9 cm³/mol. The Kier molecular flexibility index (Phi) is 4.47. The lowest BCUT2D eigenvalue weighted by Crippen LogP contribution is -2.06.